The van der Waals surface area contributed by atoms with Crippen LogP contribution in [0.4, 0.5) is 0 Å². The lowest BCUT2D eigenvalue weighted by Crippen LogP contribution is -1.36. The summed E-state index contributed by atoms with van der Waals surface area (Å²) in [5.74, 6) is 0. The van der Waals surface area contributed by atoms with Crippen LogP contribution in [0, 0.1) is 0 Å². The molecule has 0 aromatic rings. The molecule has 0 aromatic carbocycles. The van der Waals surface area contributed by atoms with E-state index in [0.717, 1.165) is 6.42 Å². The fraction of sp³-hybridized carbons (Fsp3) is 0.385. The lowest BCUT2D eigenvalue weighted by atomic mass is 10.5. The lowest BCUT2D eigenvalue weighted by molar-refractivity contribution is 1.23. The zero-order valence-electron chi connectivity index (χ0n) is 9.84. The van der Waals surface area contributed by atoms with Crippen molar-refractivity contribution in [2.75, 3.05) is 0 Å². The molecule has 0 rings (SSSR count). The van der Waals surface area contributed by atoms with E-state index >= 15 is 0 Å². The van der Waals surface area contributed by atoms with Gasteiger partial charge in [-0.15, -0.1) is 26.3 Å². The van der Waals surface area contributed by atoms with Crippen LogP contribution >= 0.6 is 0 Å². The predicted octanol–water partition coefficient (Wildman–Crippen LogP) is 5.16. The van der Waals surface area contributed by atoms with Crippen LogP contribution in [0.15, 0.2) is 50.6 Å². The smallest absolute Gasteiger partial charge is 0.0382 e. The molecule has 0 aliphatic carbocycles. The molecule has 0 heteroatoms. The summed E-state index contributed by atoms with van der Waals surface area (Å²) in [6.07, 6.45) is 8.71. The van der Waals surface area contributed by atoms with E-state index in [-0.39, 0.29) is 0 Å². The maximum Gasteiger partial charge on any atom is -0.0382 e. The first-order valence-electron chi connectivity index (χ1n) is 4.50. The van der Waals surface area contributed by atoms with E-state index in [1.165, 1.54) is 0 Å². The Morgan fingerprint density at radius 3 is 1.08 bits per heavy atom. The SMILES string of the molecule is C=C.C=CC.C=CCC.CC=CC. The van der Waals surface area contributed by atoms with Crippen molar-refractivity contribution >= 4 is 0 Å². The Balaban J connectivity index is -0.0000000431. The van der Waals surface area contributed by atoms with Gasteiger partial charge in [-0.05, 0) is 27.2 Å². The molecule has 0 fully saturated rings. The van der Waals surface area contributed by atoms with Gasteiger partial charge in [-0.3, -0.25) is 0 Å². The van der Waals surface area contributed by atoms with E-state index in [1.54, 1.807) is 6.08 Å². The first-order chi connectivity index (χ1) is 6.24. The molecule has 0 spiro atoms. The maximum absolute atomic E-state index is 3.48. The van der Waals surface area contributed by atoms with Gasteiger partial charge in [0, 0.05) is 0 Å². The van der Waals surface area contributed by atoms with Crippen molar-refractivity contribution in [3.8, 4) is 0 Å². The molecule has 0 bridgehead atoms. The molecule has 13 heavy (non-hydrogen) atoms. The second-order valence-corrected chi connectivity index (χ2v) is 1.77. The molecule has 0 heterocycles. The average molecular weight is 182 g/mol. The molecule has 0 radical (unpaired) electrons. The molecule has 0 aliphatic rings. The molecule has 0 saturated carbocycles. The normalized spacial score (nSPS) is 6.15. The van der Waals surface area contributed by atoms with Crippen LogP contribution in [0.3, 0.4) is 0 Å². The first-order valence-corrected chi connectivity index (χ1v) is 4.50. The van der Waals surface area contributed by atoms with E-state index < -0.39 is 0 Å². The zero-order valence-corrected chi connectivity index (χ0v) is 9.84. The molecule has 78 valence electrons. The van der Waals surface area contributed by atoms with Crippen LogP contribution < -0.4 is 0 Å². The molecule has 0 atom stereocenters. The highest BCUT2D eigenvalue weighted by Crippen LogP contribution is 1.66. The quantitative estimate of drug-likeness (QED) is 0.491. The third-order valence-corrected chi connectivity index (χ3v) is 0.622. The molecule has 0 amide bonds. The van der Waals surface area contributed by atoms with Crippen molar-refractivity contribution in [3.63, 3.8) is 0 Å². The monoisotopic (exact) mass is 182 g/mol. The van der Waals surface area contributed by atoms with Crippen LogP contribution in [-0.2, 0) is 0 Å². The van der Waals surface area contributed by atoms with Gasteiger partial charge in [0.2, 0.25) is 0 Å². The van der Waals surface area contributed by atoms with Gasteiger partial charge in [0.1, 0.15) is 0 Å². The molecule has 0 N–H and O–H groups in total. The van der Waals surface area contributed by atoms with Gasteiger partial charge in [-0.2, -0.15) is 0 Å². The number of hydrogen-bond acceptors (Lipinski definition) is 0. The van der Waals surface area contributed by atoms with Crippen LogP contribution in [0.2, 0.25) is 0 Å². The van der Waals surface area contributed by atoms with Gasteiger partial charge >= 0.3 is 0 Å². The minimum absolute atomic E-state index is 1.08. The topological polar surface area (TPSA) is 0 Å². The van der Waals surface area contributed by atoms with Crippen molar-refractivity contribution in [3.05, 3.63) is 50.6 Å². The van der Waals surface area contributed by atoms with Crippen molar-refractivity contribution < 1.29 is 0 Å². The summed E-state index contributed by atoms with van der Waals surface area (Å²) < 4.78 is 0. The minimum atomic E-state index is 1.08. The summed E-state index contributed by atoms with van der Waals surface area (Å²) in [6.45, 7) is 20.8. The highest BCUT2D eigenvalue weighted by molar-refractivity contribution is 4.68. The van der Waals surface area contributed by atoms with Crippen molar-refractivity contribution in [1.29, 1.82) is 0 Å². The summed E-state index contributed by atoms with van der Waals surface area (Å²) in [5.41, 5.74) is 0. The third kappa shape index (κ3) is 955. The van der Waals surface area contributed by atoms with Crippen molar-refractivity contribution in [1.82, 2.24) is 0 Å². The number of hydrogen-bond donors (Lipinski definition) is 0. The van der Waals surface area contributed by atoms with E-state index in [4.69, 9.17) is 0 Å². The highest BCUT2D eigenvalue weighted by atomic mass is 13.5. The van der Waals surface area contributed by atoms with Crippen LogP contribution in [0.1, 0.15) is 34.1 Å². The van der Waals surface area contributed by atoms with Crippen LogP contribution in [0.5, 0.6) is 0 Å². The summed E-state index contributed by atoms with van der Waals surface area (Å²) in [7, 11) is 0. The standard InChI is InChI=1S/2C4H8.C3H6.C2H4/c2*1-3-4-2;1-3-2;1-2/h3-4H,1-2H3;3H,1,4H2,2H3;3H,1H2,2H3;1-2H2. The van der Waals surface area contributed by atoms with Gasteiger partial charge in [0.05, 0.1) is 0 Å². The Morgan fingerprint density at radius 1 is 0.923 bits per heavy atom. The van der Waals surface area contributed by atoms with E-state index in [1.807, 2.05) is 39.0 Å². The van der Waals surface area contributed by atoms with Crippen molar-refractivity contribution in [2.45, 2.75) is 34.1 Å². The van der Waals surface area contributed by atoms with E-state index in [9.17, 15) is 0 Å². The van der Waals surface area contributed by atoms with Gasteiger partial charge in [-0.1, -0.05) is 31.2 Å². The number of allylic oxidation sites excluding steroid dienone is 4. The summed E-state index contributed by atoms with van der Waals surface area (Å²) in [4.78, 5) is 0. The first kappa shape index (κ1) is 22.7. The zero-order chi connectivity index (χ0) is 11.5. The molecular weight excluding hydrogens is 156 g/mol. The van der Waals surface area contributed by atoms with E-state index in [2.05, 4.69) is 33.2 Å². The summed E-state index contributed by atoms with van der Waals surface area (Å²) in [5, 5.41) is 0. The van der Waals surface area contributed by atoms with Gasteiger partial charge < -0.3 is 0 Å². The Bertz CT molecular complexity index is 84.2. The van der Waals surface area contributed by atoms with Gasteiger partial charge in [0.25, 0.3) is 0 Å². The largest absolute Gasteiger partial charge is 0.106 e. The second-order valence-electron chi connectivity index (χ2n) is 1.77. The highest BCUT2D eigenvalue weighted by Gasteiger charge is 1.45. The summed E-state index contributed by atoms with van der Waals surface area (Å²) >= 11 is 0. The minimum Gasteiger partial charge on any atom is -0.106 e. The molecular formula is C13H26. The van der Waals surface area contributed by atoms with Gasteiger partial charge in [-0.25, -0.2) is 0 Å². The number of rotatable bonds is 1. The molecule has 0 aromatic heterocycles. The van der Waals surface area contributed by atoms with Gasteiger partial charge in [0.15, 0.2) is 0 Å². The Morgan fingerprint density at radius 2 is 1.08 bits per heavy atom. The van der Waals surface area contributed by atoms with E-state index in [0.29, 0.717) is 0 Å². The fourth-order valence-corrected chi connectivity index (χ4v) is 0. The fourth-order valence-electron chi connectivity index (χ4n) is 0. The predicted molar refractivity (Wildman–Crippen MR) is 68.1 cm³/mol. The van der Waals surface area contributed by atoms with Crippen LogP contribution in [-0.4, -0.2) is 0 Å². The Labute approximate surface area is 85.4 Å². The molecule has 0 nitrogen and oxygen atoms in total. The Kier molecular flexibility index (Phi) is 121. The molecule has 0 unspecified atom stereocenters. The third-order valence-electron chi connectivity index (χ3n) is 0.622. The average Bonchev–Trinajstić information content (AvgIpc) is 2.22. The molecule has 0 aliphatic heterocycles. The summed E-state index contributed by atoms with van der Waals surface area (Å²) in [6, 6.07) is 0. The maximum atomic E-state index is 3.48. The molecule has 0 saturated heterocycles. The van der Waals surface area contributed by atoms with Crippen LogP contribution in [0.25, 0.3) is 0 Å². The second kappa shape index (κ2) is 69.3. The van der Waals surface area contributed by atoms with Crippen molar-refractivity contribution in [2.24, 2.45) is 0 Å². The lowest BCUT2D eigenvalue weighted by Gasteiger charge is -1.57. The Hall–Kier alpha value is -1.04.